The van der Waals surface area contributed by atoms with Crippen molar-refractivity contribution >= 4 is 23.5 Å². The lowest BCUT2D eigenvalue weighted by atomic mass is 9.86. The molecule has 2 amide bonds. The van der Waals surface area contributed by atoms with E-state index >= 15 is 0 Å². The first-order valence-electron chi connectivity index (χ1n) is 8.39. The molecule has 0 aliphatic heterocycles. The van der Waals surface area contributed by atoms with Gasteiger partial charge in [-0.2, -0.15) is 0 Å². The van der Waals surface area contributed by atoms with Gasteiger partial charge in [-0.1, -0.05) is 20.8 Å². The number of anilines is 1. The van der Waals surface area contributed by atoms with Crippen LogP contribution >= 0.6 is 0 Å². The number of carbonyl (C=O) groups is 2. The number of hydrogen-bond acceptors (Lipinski definition) is 7. The number of pyridine rings is 1. The van der Waals surface area contributed by atoms with Crippen molar-refractivity contribution in [2.24, 2.45) is 5.41 Å². The molecule has 0 saturated heterocycles. The topological polar surface area (TPSA) is 149 Å². The molecule has 150 valence electrons. The van der Waals surface area contributed by atoms with Gasteiger partial charge in [0.15, 0.2) is 0 Å². The van der Waals surface area contributed by atoms with Gasteiger partial charge < -0.3 is 21.1 Å². The van der Waals surface area contributed by atoms with Crippen LogP contribution in [0.25, 0.3) is 0 Å². The zero-order valence-electron chi connectivity index (χ0n) is 16.5. The fraction of sp³-hybridized carbons (Fsp3) is 0.588. The number of nitrogens with zero attached hydrogens (tertiary/aromatic N) is 2. The summed E-state index contributed by atoms with van der Waals surface area (Å²) in [6, 6.07) is 1.91. The van der Waals surface area contributed by atoms with E-state index in [9.17, 15) is 19.7 Å². The summed E-state index contributed by atoms with van der Waals surface area (Å²) < 4.78 is 5.19. The van der Waals surface area contributed by atoms with Crippen molar-refractivity contribution in [3.8, 4) is 0 Å². The first-order valence-corrected chi connectivity index (χ1v) is 8.39. The highest BCUT2D eigenvalue weighted by Crippen LogP contribution is 2.21. The van der Waals surface area contributed by atoms with E-state index in [0.717, 1.165) is 6.07 Å². The molecule has 1 aromatic rings. The average molecular weight is 381 g/mol. The highest BCUT2D eigenvalue weighted by molar-refractivity contribution is 5.93. The number of carbonyl (C=O) groups excluding carboxylic acids is 2. The summed E-state index contributed by atoms with van der Waals surface area (Å²) in [6.45, 7) is 11.1. The summed E-state index contributed by atoms with van der Waals surface area (Å²) in [5, 5.41) is 16.2. The van der Waals surface area contributed by atoms with Crippen molar-refractivity contribution < 1.29 is 19.2 Å². The smallest absolute Gasteiger partial charge is 0.407 e. The monoisotopic (exact) mass is 381 g/mol. The molecule has 0 spiro atoms. The van der Waals surface area contributed by atoms with E-state index in [1.54, 1.807) is 20.8 Å². The van der Waals surface area contributed by atoms with Gasteiger partial charge in [0, 0.05) is 12.6 Å². The molecule has 0 aromatic carbocycles. The molecule has 0 aliphatic rings. The third-order valence-electron chi connectivity index (χ3n) is 3.53. The quantitative estimate of drug-likeness (QED) is 0.523. The minimum Gasteiger partial charge on any atom is -0.444 e. The fourth-order valence-electron chi connectivity index (χ4n) is 2.05. The predicted molar refractivity (Wildman–Crippen MR) is 100 cm³/mol. The molecular formula is C17H27N5O5. The molecule has 1 heterocycles. The number of amides is 2. The van der Waals surface area contributed by atoms with Crippen molar-refractivity contribution in [1.82, 2.24) is 15.6 Å². The van der Waals surface area contributed by atoms with E-state index in [1.165, 1.54) is 6.07 Å². The van der Waals surface area contributed by atoms with Crippen LogP contribution in [0.1, 0.15) is 52.0 Å². The first-order chi connectivity index (χ1) is 12.2. The van der Waals surface area contributed by atoms with Crippen LogP contribution in [0.2, 0.25) is 0 Å². The third-order valence-corrected chi connectivity index (χ3v) is 3.53. The van der Waals surface area contributed by atoms with Crippen LogP contribution in [-0.4, -0.2) is 40.1 Å². The maximum atomic E-state index is 12.5. The van der Waals surface area contributed by atoms with Gasteiger partial charge in [-0.25, -0.2) is 9.78 Å². The second kappa shape index (κ2) is 8.19. The summed E-state index contributed by atoms with van der Waals surface area (Å²) in [4.78, 5) is 38.2. The van der Waals surface area contributed by atoms with Crippen molar-refractivity contribution in [2.45, 2.75) is 53.2 Å². The van der Waals surface area contributed by atoms with Crippen LogP contribution in [0, 0.1) is 15.5 Å². The number of hydrogen-bond donors (Lipinski definition) is 3. The van der Waals surface area contributed by atoms with Gasteiger partial charge in [-0.15, -0.1) is 0 Å². The Morgan fingerprint density at radius 3 is 2.30 bits per heavy atom. The summed E-state index contributed by atoms with van der Waals surface area (Å²) in [7, 11) is 0. The molecule has 0 saturated carbocycles. The molecular weight excluding hydrogens is 354 g/mol. The largest absolute Gasteiger partial charge is 0.444 e. The summed E-state index contributed by atoms with van der Waals surface area (Å²) in [5.41, 5.74) is 4.08. The van der Waals surface area contributed by atoms with Crippen LogP contribution in [0.3, 0.4) is 0 Å². The molecule has 0 aliphatic carbocycles. The van der Waals surface area contributed by atoms with Crippen molar-refractivity contribution in [3.05, 3.63) is 27.9 Å². The zero-order valence-corrected chi connectivity index (χ0v) is 16.5. The van der Waals surface area contributed by atoms with Gasteiger partial charge in [-0.05, 0) is 32.3 Å². The standard InChI is InChI=1S/C17H27N5O5/c1-16(2,3)12(9-19-15(24)27-17(4,5)6)21-14(23)10-7-8-11(22(25)26)13(18)20-10/h7-8,12H,9H2,1-6H3,(H2,18,20)(H,19,24)(H,21,23)/t12-/m1/s1. The highest BCUT2D eigenvalue weighted by Gasteiger charge is 2.29. The second-order valence-electron chi connectivity index (χ2n) is 8.13. The number of ether oxygens (including phenoxy) is 1. The normalized spacial score (nSPS) is 12.8. The van der Waals surface area contributed by atoms with Crippen LogP contribution < -0.4 is 16.4 Å². The molecule has 10 heteroatoms. The summed E-state index contributed by atoms with van der Waals surface area (Å²) in [6.07, 6.45) is -0.594. The van der Waals surface area contributed by atoms with Gasteiger partial charge in [0.05, 0.1) is 11.0 Å². The Kier molecular flexibility index (Phi) is 6.71. The third kappa shape index (κ3) is 7.08. The molecule has 4 N–H and O–H groups in total. The van der Waals surface area contributed by atoms with E-state index in [4.69, 9.17) is 10.5 Å². The minimum absolute atomic E-state index is 0.0513. The molecule has 27 heavy (non-hydrogen) atoms. The number of nitro groups is 1. The van der Waals surface area contributed by atoms with E-state index in [1.807, 2.05) is 20.8 Å². The van der Waals surface area contributed by atoms with Crippen LogP contribution in [0.4, 0.5) is 16.3 Å². The van der Waals surface area contributed by atoms with E-state index in [0.29, 0.717) is 0 Å². The zero-order chi connectivity index (χ0) is 21.0. The van der Waals surface area contributed by atoms with Gasteiger partial charge in [-0.3, -0.25) is 14.9 Å². The lowest BCUT2D eigenvalue weighted by Gasteiger charge is -2.32. The van der Waals surface area contributed by atoms with Gasteiger partial charge in [0.1, 0.15) is 11.3 Å². The van der Waals surface area contributed by atoms with Crippen LogP contribution in [0.5, 0.6) is 0 Å². The fourth-order valence-corrected chi connectivity index (χ4v) is 2.05. The van der Waals surface area contributed by atoms with Crippen molar-refractivity contribution in [3.63, 3.8) is 0 Å². The Morgan fingerprint density at radius 1 is 1.26 bits per heavy atom. The molecule has 0 bridgehead atoms. The second-order valence-corrected chi connectivity index (χ2v) is 8.13. The molecule has 10 nitrogen and oxygen atoms in total. The van der Waals surface area contributed by atoms with E-state index in [2.05, 4.69) is 15.6 Å². The summed E-state index contributed by atoms with van der Waals surface area (Å²) >= 11 is 0. The molecule has 1 atom stereocenters. The van der Waals surface area contributed by atoms with Crippen LogP contribution in [0.15, 0.2) is 12.1 Å². The van der Waals surface area contributed by atoms with E-state index < -0.39 is 34.0 Å². The Morgan fingerprint density at radius 2 is 1.85 bits per heavy atom. The van der Waals surface area contributed by atoms with Gasteiger partial charge >= 0.3 is 11.8 Å². The van der Waals surface area contributed by atoms with Gasteiger partial charge in [0.2, 0.25) is 5.82 Å². The highest BCUT2D eigenvalue weighted by atomic mass is 16.6. The average Bonchev–Trinajstić information content (AvgIpc) is 2.47. The van der Waals surface area contributed by atoms with E-state index in [-0.39, 0.29) is 23.7 Å². The maximum Gasteiger partial charge on any atom is 0.407 e. The number of rotatable bonds is 5. The Labute approximate surface area is 158 Å². The Hall–Kier alpha value is -2.91. The molecule has 0 fully saturated rings. The van der Waals surface area contributed by atoms with Crippen LogP contribution in [-0.2, 0) is 4.74 Å². The summed E-state index contributed by atoms with van der Waals surface area (Å²) in [5.74, 6) is -0.894. The van der Waals surface area contributed by atoms with Crippen molar-refractivity contribution in [2.75, 3.05) is 12.3 Å². The minimum atomic E-state index is -0.674. The lowest BCUT2D eigenvalue weighted by molar-refractivity contribution is -0.384. The predicted octanol–water partition coefficient (Wildman–Crippen LogP) is 2.24. The Bertz CT molecular complexity index is 721. The number of nitrogens with one attached hydrogen (secondary N) is 2. The molecule has 0 radical (unpaired) electrons. The molecule has 1 aromatic heterocycles. The van der Waals surface area contributed by atoms with Crippen molar-refractivity contribution in [1.29, 1.82) is 0 Å². The maximum absolute atomic E-state index is 12.5. The SMILES string of the molecule is CC(C)(C)OC(=O)NC[C@@H](NC(=O)c1ccc([N+](=O)[O-])c(N)n1)C(C)(C)C. The molecule has 1 rings (SSSR count). The number of alkyl carbamates (subject to hydrolysis) is 1. The Balaban J connectivity index is 2.85. The van der Waals surface area contributed by atoms with Gasteiger partial charge in [0.25, 0.3) is 5.91 Å². The first kappa shape index (κ1) is 22.1. The number of nitrogen functional groups attached to an aromatic ring is 1. The molecule has 0 unspecified atom stereocenters. The lowest BCUT2D eigenvalue weighted by Crippen LogP contribution is -2.51. The number of aromatic nitrogens is 1. The number of nitrogens with two attached hydrogens (primary N) is 1.